The highest BCUT2D eigenvalue weighted by molar-refractivity contribution is 5.82. The van der Waals surface area contributed by atoms with E-state index < -0.39 is 6.10 Å². The van der Waals surface area contributed by atoms with Gasteiger partial charge in [0.1, 0.15) is 12.4 Å². The summed E-state index contributed by atoms with van der Waals surface area (Å²) in [7, 11) is 1.71. The number of halogens is 1. The molecule has 0 radical (unpaired) electrons. The smallest absolute Gasteiger partial charge is 0.267 e. The Hall–Kier alpha value is -2.56. The fraction of sp³-hybridized carbons (Fsp3) is 0.278. The van der Waals surface area contributed by atoms with Crippen molar-refractivity contribution in [1.29, 1.82) is 0 Å². The summed E-state index contributed by atoms with van der Waals surface area (Å²) in [5.41, 5.74) is 0.861. The van der Waals surface area contributed by atoms with Crippen LogP contribution in [-0.2, 0) is 4.79 Å². The number of carbonyl (C=O) groups excluding carboxylic acids is 1. The molecule has 2 atom stereocenters. The molecule has 0 N–H and O–H groups in total. The van der Waals surface area contributed by atoms with Gasteiger partial charge in [-0.15, -0.1) is 0 Å². The summed E-state index contributed by atoms with van der Waals surface area (Å²) in [6.45, 7) is 2.07. The topological polar surface area (TPSA) is 38.8 Å². The van der Waals surface area contributed by atoms with Crippen LogP contribution in [0.2, 0.25) is 0 Å². The van der Waals surface area contributed by atoms with Gasteiger partial charge in [-0.25, -0.2) is 4.39 Å². The van der Waals surface area contributed by atoms with Crippen LogP contribution in [0.5, 0.6) is 11.5 Å². The minimum absolute atomic E-state index is 0.170. The van der Waals surface area contributed by atoms with Gasteiger partial charge in [-0.3, -0.25) is 4.79 Å². The Balaban J connectivity index is 1.71. The van der Waals surface area contributed by atoms with Crippen LogP contribution < -0.4 is 9.47 Å². The highest BCUT2D eigenvalue weighted by atomic mass is 19.1. The van der Waals surface area contributed by atoms with Crippen molar-refractivity contribution in [2.45, 2.75) is 19.1 Å². The summed E-state index contributed by atoms with van der Waals surface area (Å²) in [6, 6.07) is 13.2. The molecule has 0 saturated carbocycles. The standard InChI is InChI=1S/C18H18FNO3/c1-12(13-7-9-14(19)10-8-13)20(2)18(21)17-11-22-15-5-3-4-6-16(15)23-17/h3-10,12,17H,11H2,1-2H3. The first kappa shape index (κ1) is 15.3. The molecule has 1 aliphatic rings. The number of nitrogens with zero attached hydrogens (tertiary/aromatic N) is 1. The van der Waals surface area contributed by atoms with Crippen molar-refractivity contribution >= 4 is 5.91 Å². The first-order chi connectivity index (χ1) is 11.1. The van der Waals surface area contributed by atoms with Crippen LogP contribution in [-0.4, -0.2) is 30.6 Å². The second-order valence-electron chi connectivity index (χ2n) is 5.54. The van der Waals surface area contributed by atoms with Gasteiger partial charge in [0, 0.05) is 7.05 Å². The molecule has 0 fully saturated rings. The SMILES string of the molecule is CC(c1ccc(F)cc1)N(C)C(=O)C1COc2ccccc2O1. The van der Waals surface area contributed by atoms with Crippen LogP contribution in [0.25, 0.3) is 0 Å². The Kier molecular flexibility index (Phi) is 4.19. The van der Waals surface area contributed by atoms with Crippen molar-refractivity contribution in [1.82, 2.24) is 4.90 Å². The van der Waals surface area contributed by atoms with Crippen LogP contribution in [0, 0.1) is 5.82 Å². The molecule has 2 aromatic rings. The quantitative estimate of drug-likeness (QED) is 0.873. The Labute approximate surface area is 134 Å². The number of rotatable bonds is 3. The molecule has 2 unspecified atom stereocenters. The molecule has 0 aromatic heterocycles. The van der Waals surface area contributed by atoms with Gasteiger partial charge >= 0.3 is 0 Å². The monoisotopic (exact) mass is 315 g/mol. The molecule has 3 rings (SSSR count). The minimum Gasteiger partial charge on any atom is -0.485 e. The molecule has 1 aliphatic heterocycles. The van der Waals surface area contributed by atoms with Crippen molar-refractivity contribution in [3.8, 4) is 11.5 Å². The van der Waals surface area contributed by atoms with E-state index in [1.54, 1.807) is 36.2 Å². The number of amides is 1. The highest BCUT2D eigenvalue weighted by Crippen LogP contribution is 2.32. The molecular weight excluding hydrogens is 297 g/mol. The number of hydrogen-bond acceptors (Lipinski definition) is 3. The van der Waals surface area contributed by atoms with Gasteiger partial charge in [-0.1, -0.05) is 24.3 Å². The van der Waals surface area contributed by atoms with Crippen LogP contribution in [0.3, 0.4) is 0 Å². The molecule has 4 nitrogen and oxygen atoms in total. The van der Waals surface area contributed by atoms with E-state index in [0.717, 1.165) is 5.56 Å². The highest BCUT2D eigenvalue weighted by Gasteiger charge is 2.31. The average molecular weight is 315 g/mol. The molecule has 0 bridgehead atoms. The lowest BCUT2D eigenvalue weighted by atomic mass is 10.1. The summed E-state index contributed by atoms with van der Waals surface area (Å²) in [6.07, 6.45) is -0.683. The van der Waals surface area contributed by atoms with E-state index >= 15 is 0 Å². The number of carbonyl (C=O) groups is 1. The molecule has 2 aromatic carbocycles. The Morgan fingerprint density at radius 2 is 1.83 bits per heavy atom. The zero-order chi connectivity index (χ0) is 16.4. The molecule has 0 aliphatic carbocycles. The Morgan fingerprint density at radius 3 is 2.52 bits per heavy atom. The number of para-hydroxylation sites is 2. The van der Waals surface area contributed by atoms with E-state index in [0.29, 0.717) is 11.5 Å². The maximum atomic E-state index is 13.0. The van der Waals surface area contributed by atoms with Gasteiger partial charge in [0.25, 0.3) is 5.91 Å². The summed E-state index contributed by atoms with van der Waals surface area (Å²) in [5.74, 6) is 0.748. The van der Waals surface area contributed by atoms with E-state index in [4.69, 9.17) is 9.47 Å². The second-order valence-corrected chi connectivity index (χ2v) is 5.54. The molecule has 0 spiro atoms. The van der Waals surface area contributed by atoms with E-state index in [9.17, 15) is 9.18 Å². The van der Waals surface area contributed by atoms with Crippen LogP contribution in [0.4, 0.5) is 4.39 Å². The van der Waals surface area contributed by atoms with Crippen LogP contribution in [0.1, 0.15) is 18.5 Å². The van der Waals surface area contributed by atoms with Gasteiger partial charge in [0.05, 0.1) is 6.04 Å². The average Bonchev–Trinajstić information content (AvgIpc) is 2.60. The van der Waals surface area contributed by atoms with Crippen molar-refractivity contribution in [2.75, 3.05) is 13.7 Å². The predicted molar refractivity (Wildman–Crippen MR) is 83.9 cm³/mol. The maximum absolute atomic E-state index is 13.0. The zero-order valence-electron chi connectivity index (χ0n) is 13.0. The van der Waals surface area contributed by atoms with Gasteiger partial charge in [-0.05, 0) is 36.8 Å². The number of hydrogen-bond donors (Lipinski definition) is 0. The normalized spacial score (nSPS) is 17.4. The third-order valence-electron chi connectivity index (χ3n) is 4.07. The lowest BCUT2D eigenvalue weighted by Gasteiger charge is -2.32. The number of benzene rings is 2. The van der Waals surface area contributed by atoms with Gasteiger partial charge < -0.3 is 14.4 Å². The van der Waals surface area contributed by atoms with E-state index in [1.165, 1.54) is 12.1 Å². The summed E-state index contributed by atoms with van der Waals surface area (Å²) >= 11 is 0. The van der Waals surface area contributed by atoms with E-state index in [2.05, 4.69) is 0 Å². The summed E-state index contributed by atoms with van der Waals surface area (Å²) < 4.78 is 24.4. The van der Waals surface area contributed by atoms with Crippen molar-refractivity contribution < 1.29 is 18.7 Å². The van der Waals surface area contributed by atoms with Crippen LogP contribution in [0.15, 0.2) is 48.5 Å². The zero-order valence-corrected chi connectivity index (χ0v) is 13.0. The van der Waals surface area contributed by atoms with Gasteiger partial charge in [-0.2, -0.15) is 0 Å². The molecule has 1 amide bonds. The van der Waals surface area contributed by atoms with Gasteiger partial charge in [0.2, 0.25) is 6.10 Å². The summed E-state index contributed by atoms with van der Waals surface area (Å²) in [4.78, 5) is 14.2. The fourth-order valence-electron chi connectivity index (χ4n) is 2.52. The van der Waals surface area contributed by atoms with Gasteiger partial charge in [0.15, 0.2) is 11.5 Å². The molecule has 1 heterocycles. The first-order valence-corrected chi connectivity index (χ1v) is 7.47. The van der Waals surface area contributed by atoms with Crippen molar-refractivity contribution in [3.63, 3.8) is 0 Å². The molecule has 23 heavy (non-hydrogen) atoms. The van der Waals surface area contributed by atoms with Crippen LogP contribution >= 0.6 is 0 Å². The molecule has 120 valence electrons. The molecule has 0 saturated heterocycles. The maximum Gasteiger partial charge on any atom is 0.267 e. The van der Waals surface area contributed by atoms with E-state index in [1.807, 2.05) is 19.1 Å². The lowest BCUT2D eigenvalue weighted by molar-refractivity contribution is -0.141. The lowest BCUT2D eigenvalue weighted by Crippen LogP contribution is -2.45. The molecule has 5 heteroatoms. The predicted octanol–water partition coefficient (Wildman–Crippen LogP) is 3.19. The third kappa shape index (κ3) is 3.13. The van der Waals surface area contributed by atoms with E-state index in [-0.39, 0.29) is 24.4 Å². The number of ether oxygens (including phenoxy) is 2. The van der Waals surface area contributed by atoms with Crippen molar-refractivity contribution in [3.05, 3.63) is 59.9 Å². The Morgan fingerprint density at radius 1 is 1.17 bits per heavy atom. The number of likely N-dealkylation sites (N-methyl/N-ethyl adjacent to an activating group) is 1. The first-order valence-electron chi connectivity index (χ1n) is 7.47. The summed E-state index contributed by atoms with van der Waals surface area (Å²) in [5, 5.41) is 0. The largest absolute Gasteiger partial charge is 0.485 e. The molecular formula is C18H18FNO3. The fourth-order valence-corrected chi connectivity index (χ4v) is 2.52. The Bertz CT molecular complexity index is 702. The second kappa shape index (κ2) is 6.28. The number of fused-ring (bicyclic) bond motifs is 1. The minimum atomic E-state index is -0.683. The van der Waals surface area contributed by atoms with Crippen molar-refractivity contribution in [2.24, 2.45) is 0 Å². The third-order valence-corrected chi connectivity index (χ3v) is 4.07.